The fourth-order valence-electron chi connectivity index (χ4n) is 1.53. The molecule has 0 aromatic heterocycles. The lowest BCUT2D eigenvalue weighted by Gasteiger charge is -2.10. The first-order chi connectivity index (χ1) is 9.31. The number of nitro benzene ring substituents is 1. The van der Waals surface area contributed by atoms with E-state index in [9.17, 15) is 19.3 Å². The minimum atomic E-state index is -0.610. The summed E-state index contributed by atoms with van der Waals surface area (Å²) in [5, 5.41) is 16.3. The molecule has 110 valence electrons. The second-order valence-corrected chi connectivity index (χ2v) is 5.29. The SMILES string of the molecule is CC(C)NC(=O)CCNc1cc(F)c(Br)cc1[N+](=O)[O-]. The lowest BCUT2D eigenvalue weighted by molar-refractivity contribution is -0.384. The van der Waals surface area contributed by atoms with Crippen LogP contribution in [0.1, 0.15) is 20.3 Å². The van der Waals surface area contributed by atoms with Gasteiger partial charge < -0.3 is 10.6 Å². The Morgan fingerprint density at radius 3 is 2.70 bits per heavy atom. The van der Waals surface area contributed by atoms with Gasteiger partial charge in [-0.2, -0.15) is 0 Å². The quantitative estimate of drug-likeness (QED) is 0.612. The minimum absolute atomic E-state index is 0.0206. The summed E-state index contributed by atoms with van der Waals surface area (Å²) in [5.74, 6) is -0.780. The first-order valence-electron chi connectivity index (χ1n) is 5.98. The molecule has 1 aromatic rings. The van der Waals surface area contributed by atoms with Gasteiger partial charge >= 0.3 is 0 Å². The number of anilines is 1. The maximum Gasteiger partial charge on any atom is 0.293 e. The van der Waals surface area contributed by atoms with Gasteiger partial charge in [-0.15, -0.1) is 0 Å². The van der Waals surface area contributed by atoms with Crippen LogP contribution in [0.3, 0.4) is 0 Å². The van der Waals surface area contributed by atoms with Gasteiger partial charge in [0.05, 0.1) is 9.40 Å². The standard InChI is InChI=1S/C12H15BrFN3O3/c1-7(2)16-12(18)3-4-15-10-6-9(14)8(13)5-11(10)17(19)20/h5-7,15H,3-4H2,1-2H3,(H,16,18). The van der Waals surface area contributed by atoms with Gasteiger partial charge in [0.15, 0.2) is 0 Å². The molecule has 0 aliphatic rings. The predicted octanol–water partition coefficient (Wildman–Crippen LogP) is 2.82. The Morgan fingerprint density at radius 2 is 2.15 bits per heavy atom. The van der Waals surface area contributed by atoms with Gasteiger partial charge in [0, 0.05) is 31.1 Å². The van der Waals surface area contributed by atoms with E-state index in [0.29, 0.717) is 0 Å². The molecular formula is C12H15BrFN3O3. The fourth-order valence-corrected chi connectivity index (χ4v) is 1.87. The van der Waals surface area contributed by atoms with Crippen LogP contribution in [0.2, 0.25) is 0 Å². The summed E-state index contributed by atoms with van der Waals surface area (Å²) in [5.41, 5.74) is -0.199. The van der Waals surface area contributed by atoms with E-state index in [2.05, 4.69) is 26.6 Å². The van der Waals surface area contributed by atoms with E-state index in [0.717, 1.165) is 12.1 Å². The highest BCUT2D eigenvalue weighted by Crippen LogP contribution is 2.30. The molecule has 6 nitrogen and oxygen atoms in total. The second-order valence-electron chi connectivity index (χ2n) is 4.44. The van der Waals surface area contributed by atoms with E-state index in [4.69, 9.17) is 0 Å². The molecule has 0 heterocycles. The van der Waals surface area contributed by atoms with Crippen LogP contribution in [-0.4, -0.2) is 23.4 Å². The van der Waals surface area contributed by atoms with Gasteiger partial charge in [-0.3, -0.25) is 14.9 Å². The van der Waals surface area contributed by atoms with Crippen molar-refractivity contribution in [2.75, 3.05) is 11.9 Å². The van der Waals surface area contributed by atoms with Gasteiger partial charge in [-0.05, 0) is 29.8 Å². The molecule has 0 aliphatic carbocycles. The Morgan fingerprint density at radius 1 is 1.50 bits per heavy atom. The summed E-state index contributed by atoms with van der Waals surface area (Å²) in [7, 11) is 0. The van der Waals surface area contributed by atoms with Gasteiger partial charge in [0.25, 0.3) is 5.69 Å². The van der Waals surface area contributed by atoms with Crippen molar-refractivity contribution in [3.8, 4) is 0 Å². The molecule has 0 radical (unpaired) electrons. The molecule has 0 saturated heterocycles. The molecule has 0 bridgehead atoms. The van der Waals surface area contributed by atoms with Crippen LogP contribution in [0.25, 0.3) is 0 Å². The summed E-state index contributed by atoms with van der Waals surface area (Å²) in [6.07, 6.45) is 0.146. The average molecular weight is 348 g/mol. The molecule has 0 saturated carbocycles. The molecule has 0 fully saturated rings. The van der Waals surface area contributed by atoms with E-state index in [1.807, 2.05) is 13.8 Å². The lowest BCUT2D eigenvalue weighted by atomic mass is 10.2. The van der Waals surface area contributed by atoms with Crippen LogP contribution in [-0.2, 0) is 4.79 Å². The highest BCUT2D eigenvalue weighted by atomic mass is 79.9. The number of benzene rings is 1. The third-order valence-electron chi connectivity index (χ3n) is 2.35. The molecule has 0 unspecified atom stereocenters. The molecule has 0 spiro atoms. The first-order valence-corrected chi connectivity index (χ1v) is 6.77. The molecule has 20 heavy (non-hydrogen) atoms. The molecule has 8 heteroatoms. The number of nitrogens with one attached hydrogen (secondary N) is 2. The fraction of sp³-hybridized carbons (Fsp3) is 0.417. The van der Waals surface area contributed by atoms with Gasteiger partial charge in [0.1, 0.15) is 11.5 Å². The van der Waals surface area contributed by atoms with Crippen LogP contribution in [0.5, 0.6) is 0 Å². The maximum absolute atomic E-state index is 13.4. The highest BCUT2D eigenvalue weighted by molar-refractivity contribution is 9.10. The van der Waals surface area contributed by atoms with Crippen molar-refractivity contribution in [3.05, 3.63) is 32.5 Å². The number of carbonyl (C=O) groups is 1. The Kier molecular flexibility index (Phi) is 5.87. The number of nitrogens with zero attached hydrogens (tertiary/aromatic N) is 1. The summed E-state index contributed by atoms with van der Waals surface area (Å²) < 4.78 is 13.4. The first kappa shape index (κ1) is 16.4. The normalized spacial score (nSPS) is 10.4. The predicted molar refractivity (Wildman–Crippen MR) is 77.1 cm³/mol. The maximum atomic E-state index is 13.4. The largest absolute Gasteiger partial charge is 0.379 e. The Bertz CT molecular complexity index is 523. The Labute approximate surface area is 124 Å². The molecule has 2 N–H and O–H groups in total. The number of rotatable bonds is 6. The summed E-state index contributed by atoms with van der Waals surface area (Å²) in [4.78, 5) is 21.7. The minimum Gasteiger partial charge on any atom is -0.379 e. The molecule has 0 aliphatic heterocycles. The van der Waals surface area contributed by atoms with Gasteiger partial charge in [0.2, 0.25) is 5.91 Å². The zero-order valence-corrected chi connectivity index (χ0v) is 12.7. The van der Waals surface area contributed by atoms with Crippen molar-refractivity contribution >= 4 is 33.2 Å². The van der Waals surface area contributed by atoms with E-state index >= 15 is 0 Å². The van der Waals surface area contributed by atoms with E-state index in [-0.39, 0.29) is 40.8 Å². The second kappa shape index (κ2) is 7.18. The van der Waals surface area contributed by atoms with Crippen molar-refractivity contribution in [2.45, 2.75) is 26.3 Å². The molecule has 1 amide bonds. The zero-order valence-electron chi connectivity index (χ0n) is 11.1. The number of hydrogen-bond donors (Lipinski definition) is 2. The number of nitro groups is 1. The van der Waals surface area contributed by atoms with Gasteiger partial charge in [-0.1, -0.05) is 0 Å². The summed E-state index contributed by atoms with van der Waals surface area (Å²) >= 11 is 2.90. The number of halogens is 2. The van der Waals surface area contributed by atoms with Gasteiger partial charge in [-0.25, -0.2) is 4.39 Å². The number of amides is 1. The van der Waals surface area contributed by atoms with Crippen molar-refractivity contribution in [1.82, 2.24) is 5.32 Å². The highest BCUT2D eigenvalue weighted by Gasteiger charge is 2.17. The molecule has 1 aromatic carbocycles. The van der Waals surface area contributed by atoms with E-state index < -0.39 is 10.7 Å². The lowest BCUT2D eigenvalue weighted by Crippen LogP contribution is -2.31. The Balaban J connectivity index is 2.70. The summed E-state index contributed by atoms with van der Waals surface area (Å²) in [6, 6.07) is 2.15. The third-order valence-corrected chi connectivity index (χ3v) is 2.96. The summed E-state index contributed by atoms with van der Waals surface area (Å²) in [6.45, 7) is 3.85. The molecule has 1 rings (SSSR count). The van der Waals surface area contributed by atoms with Crippen LogP contribution in [0, 0.1) is 15.9 Å². The zero-order chi connectivity index (χ0) is 15.3. The third kappa shape index (κ3) is 4.76. The van der Waals surface area contributed by atoms with Crippen molar-refractivity contribution in [2.24, 2.45) is 0 Å². The van der Waals surface area contributed by atoms with Crippen LogP contribution in [0.4, 0.5) is 15.8 Å². The van der Waals surface area contributed by atoms with Crippen molar-refractivity contribution in [1.29, 1.82) is 0 Å². The topological polar surface area (TPSA) is 84.3 Å². The molecular weight excluding hydrogens is 333 g/mol. The Hall–Kier alpha value is -1.70. The van der Waals surface area contributed by atoms with E-state index in [1.165, 1.54) is 0 Å². The van der Waals surface area contributed by atoms with Crippen LogP contribution >= 0.6 is 15.9 Å². The number of carbonyl (C=O) groups excluding carboxylic acids is 1. The molecule has 0 atom stereocenters. The average Bonchev–Trinajstić information content (AvgIpc) is 2.31. The van der Waals surface area contributed by atoms with Crippen molar-refractivity contribution < 1.29 is 14.1 Å². The van der Waals surface area contributed by atoms with Crippen molar-refractivity contribution in [3.63, 3.8) is 0 Å². The van der Waals surface area contributed by atoms with Crippen LogP contribution < -0.4 is 10.6 Å². The van der Waals surface area contributed by atoms with E-state index in [1.54, 1.807) is 0 Å². The smallest absolute Gasteiger partial charge is 0.293 e. The number of hydrogen-bond acceptors (Lipinski definition) is 4. The monoisotopic (exact) mass is 347 g/mol. The van der Waals surface area contributed by atoms with Crippen LogP contribution in [0.15, 0.2) is 16.6 Å².